The number of allylic oxidation sites excluding steroid dienone is 1. The van der Waals surface area contributed by atoms with Crippen molar-refractivity contribution in [2.24, 2.45) is 0 Å². The lowest BCUT2D eigenvalue weighted by Gasteiger charge is -2.12. The van der Waals surface area contributed by atoms with E-state index in [0.29, 0.717) is 28.8 Å². The summed E-state index contributed by atoms with van der Waals surface area (Å²) in [4.78, 5) is 45.4. The molecule has 0 saturated heterocycles. The molecule has 0 radical (unpaired) electrons. The predicted molar refractivity (Wildman–Crippen MR) is 173 cm³/mol. The van der Waals surface area contributed by atoms with Crippen LogP contribution in [0.5, 0.6) is 0 Å². The summed E-state index contributed by atoms with van der Waals surface area (Å²) in [5.74, 6) is -0.380. The third-order valence-electron chi connectivity index (χ3n) is 6.50. The molecule has 0 aliphatic carbocycles. The summed E-state index contributed by atoms with van der Waals surface area (Å²) in [6.07, 6.45) is 3.78. The summed E-state index contributed by atoms with van der Waals surface area (Å²) in [7, 11) is 0. The minimum atomic E-state index is -0.465. The van der Waals surface area contributed by atoms with E-state index in [4.69, 9.17) is 5.73 Å². The molecule has 0 fully saturated rings. The standard InChI is InChI=1S/C27H22N2O2.C9H7NO3/c28-23-15-16-25(24(18-23)27(31)22-9-5-2-6-10-22)29-26(30)17-19-11-13-21(14-12-19)20-7-3-1-4-8-20;11-7-1-2-8-3-5-9(6-4-8)10(12)13/h1-16,18H,17,28H2,(H,29,30);1-7H/b;2-1+. The van der Waals surface area contributed by atoms with E-state index in [1.54, 1.807) is 60.7 Å². The first kappa shape index (κ1) is 30.8. The summed E-state index contributed by atoms with van der Waals surface area (Å²) in [5, 5.41) is 13.1. The molecule has 0 saturated carbocycles. The van der Waals surface area contributed by atoms with Crippen molar-refractivity contribution in [3.05, 3.63) is 166 Å². The van der Waals surface area contributed by atoms with Crippen LogP contribution in [0.3, 0.4) is 0 Å². The Balaban J connectivity index is 0.000000285. The summed E-state index contributed by atoms with van der Waals surface area (Å²) in [6, 6.07) is 37.8. The number of carbonyl (C=O) groups excluding carboxylic acids is 3. The summed E-state index contributed by atoms with van der Waals surface area (Å²) >= 11 is 0. The van der Waals surface area contributed by atoms with Crippen molar-refractivity contribution in [1.82, 2.24) is 0 Å². The minimum Gasteiger partial charge on any atom is -0.399 e. The largest absolute Gasteiger partial charge is 0.399 e. The number of ketones is 1. The molecule has 8 nitrogen and oxygen atoms in total. The van der Waals surface area contributed by atoms with Gasteiger partial charge in [-0.3, -0.25) is 24.5 Å². The maximum Gasteiger partial charge on any atom is 0.269 e. The number of nitro benzene ring substituents is 1. The highest BCUT2D eigenvalue weighted by atomic mass is 16.6. The van der Waals surface area contributed by atoms with Crippen LogP contribution in [0.15, 0.2) is 133 Å². The molecule has 0 atom stereocenters. The topological polar surface area (TPSA) is 132 Å². The Morgan fingerprint density at radius 2 is 1.39 bits per heavy atom. The first-order chi connectivity index (χ1) is 21.3. The molecule has 0 aliphatic heterocycles. The van der Waals surface area contributed by atoms with Crippen LogP contribution in [-0.4, -0.2) is 22.9 Å². The van der Waals surface area contributed by atoms with Gasteiger partial charge >= 0.3 is 0 Å². The Morgan fingerprint density at radius 1 is 0.773 bits per heavy atom. The van der Waals surface area contributed by atoms with E-state index < -0.39 is 4.92 Å². The Labute approximate surface area is 254 Å². The highest BCUT2D eigenvalue weighted by Gasteiger charge is 2.16. The minimum absolute atomic E-state index is 0.0447. The Kier molecular flexibility index (Phi) is 10.6. The van der Waals surface area contributed by atoms with Crippen LogP contribution in [0.25, 0.3) is 17.2 Å². The number of nitrogens with zero attached hydrogens (tertiary/aromatic N) is 1. The third kappa shape index (κ3) is 8.67. The van der Waals surface area contributed by atoms with Gasteiger partial charge in [0.05, 0.1) is 17.0 Å². The third-order valence-corrected chi connectivity index (χ3v) is 6.50. The first-order valence-electron chi connectivity index (χ1n) is 13.6. The molecule has 44 heavy (non-hydrogen) atoms. The number of benzene rings is 5. The summed E-state index contributed by atoms with van der Waals surface area (Å²) in [5.41, 5.74) is 11.7. The fraction of sp³-hybridized carbons (Fsp3) is 0.0278. The Bertz CT molecular complexity index is 1770. The number of nitrogens with one attached hydrogen (secondary N) is 1. The lowest BCUT2D eigenvalue weighted by Crippen LogP contribution is -2.17. The lowest BCUT2D eigenvalue weighted by molar-refractivity contribution is -0.384. The van der Waals surface area contributed by atoms with Crippen molar-refractivity contribution in [3.8, 4) is 11.1 Å². The lowest BCUT2D eigenvalue weighted by atomic mass is 10.0. The van der Waals surface area contributed by atoms with Crippen molar-refractivity contribution in [3.63, 3.8) is 0 Å². The van der Waals surface area contributed by atoms with Gasteiger partial charge in [0, 0.05) is 28.9 Å². The van der Waals surface area contributed by atoms with Gasteiger partial charge in [-0.05, 0) is 58.7 Å². The number of aldehydes is 1. The average Bonchev–Trinajstić information content (AvgIpc) is 3.06. The average molecular weight is 584 g/mol. The fourth-order valence-electron chi connectivity index (χ4n) is 4.29. The van der Waals surface area contributed by atoms with Crippen LogP contribution in [0.1, 0.15) is 27.0 Å². The van der Waals surface area contributed by atoms with Crippen LogP contribution >= 0.6 is 0 Å². The number of non-ortho nitro benzene ring substituents is 1. The van der Waals surface area contributed by atoms with E-state index in [1.807, 2.05) is 60.7 Å². The molecule has 0 bridgehead atoms. The molecule has 3 N–H and O–H groups in total. The van der Waals surface area contributed by atoms with Gasteiger partial charge < -0.3 is 11.1 Å². The van der Waals surface area contributed by atoms with Gasteiger partial charge in [0.15, 0.2) is 5.78 Å². The van der Waals surface area contributed by atoms with E-state index in [1.165, 1.54) is 18.2 Å². The van der Waals surface area contributed by atoms with E-state index in [2.05, 4.69) is 5.32 Å². The highest BCUT2D eigenvalue weighted by Crippen LogP contribution is 2.24. The zero-order valence-electron chi connectivity index (χ0n) is 23.6. The monoisotopic (exact) mass is 583 g/mol. The maximum atomic E-state index is 12.9. The number of hydrogen-bond donors (Lipinski definition) is 2. The number of amides is 1. The molecule has 5 rings (SSSR count). The molecule has 0 aromatic heterocycles. The van der Waals surface area contributed by atoms with Gasteiger partial charge in [-0.1, -0.05) is 91.0 Å². The van der Waals surface area contributed by atoms with Crippen LogP contribution in [0.4, 0.5) is 17.1 Å². The number of carbonyl (C=O) groups is 3. The van der Waals surface area contributed by atoms with Crippen molar-refractivity contribution < 1.29 is 19.3 Å². The predicted octanol–water partition coefficient (Wildman–Crippen LogP) is 7.15. The second-order valence-electron chi connectivity index (χ2n) is 9.63. The van der Waals surface area contributed by atoms with Gasteiger partial charge in [0.25, 0.3) is 5.69 Å². The molecule has 0 aliphatic rings. The molecule has 5 aromatic rings. The molecule has 218 valence electrons. The molecule has 8 heteroatoms. The van der Waals surface area contributed by atoms with Crippen molar-refractivity contribution in [2.45, 2.75) is 6.42 Å². The number of nitro groups is 1. The van der Waals surface area contributed by atoms with E-state index in [9.17, 15) is 24.5 Å². The van der Waals surface area contributed by atoms with Gasteiger partial charge in [0.2, 0.25) is 5.91 Å². The van der Waals surface area contributed by atoms with Crippen molar-refractivity contribution in [1.29, 1.82) is 0 Å². The van der Waals surface area contributed by atoms with Crippen molar-refractivity contribution in [2.75, 3.05) is 11.1 Å². The quantitative estimate of drug-likeness (QED) is 0.0473. The molecule has 1 amide bonds. The number of rotatable bonds is 9. The Morgan fingerprint density at radius 3 is 2.00 bits per heavy atom. The molecule has 5 aromatic carbocycles. The van der Waals surface area contributed by atoms with Gasteiger partial charge in [-0.25, -0.2) is 0 Å². The van der Waals surface area contributed by atoms with Gasteiger partial charge in [-0.2, -0.15) is 0 Å². The summed E-state index contributed by atoms with van der Waals surface area (Å²) in [6.45, 7) is 0. The van der Waals surface area contributed by atoms with Crippen LogP contribution in [-0.2, 0) is 16.0 Å². The molecule has 0 spiro atoms. The second kappa shape index (κ2) is 15.2. The van der Waals surface area contributed by atoms with E-state index in [-0.39, 0.29) is 23.8 Å². The normalized spacial score (nSPS) is 10.4. The van der Waals surface area contributed by atoms with Crippen molar-refractivity contribution >= 4 is 41.1 Å². The highest BCUT2D eigenvalue weighted by molar-refractivity contribution is 6.14. The van der Waals surface area contributed by atoms with Gasteiger partial charge in [-0.15, -0.1) is 0 Å². The SMILES string of the molecule is Nc1ccc(NC(=O)Cc2ccc(-c3ccccc3)cc2)c(C(=O)c2ccccc2)c1.O=C/C=C/c1ccc([N+](=O)[O-])cc1. The first-order valence-corrected chi connectivity index (χ1v) is 13.6. The van der Waals surface area contributed by atoms with Gasteiger partial charge in [0.1, 0.15) is 6.29 Å². The maximum absolute atomic E-state index is 12.9. The number of hydrogen-bond acceptors (Lipinski definition) is 6. The zero-order chi connectivity index (χ0) is 31.3. The van der Waals surface area contributed by atoms with Crippen LogP contribution < -0.4 is 11.1 Å². The molecule has 0 unspecified atom stereocenters. The smallest absolute Gasteiger partial charge is 0.269 e. The number of anilines is 2. The Hall–Kier alpha value is -6.15. The van der Waals surface area contributed by atoms with E-state index >= 15 is 0 Å². The number of nitrogen functional groups attached to an aromatic ring is 1. The fourth-order valence-corrected chi connectivity index (χ4v) is 4.29. The second-order valence-corrected chi connectivity index (χ2v) is 9.63. The zero-order valence-corrected chi connectivity index (χ0v) is 23.6. The molecule has 0 heterocycles. The summed E-state index contributed by atoms with van der Waals surface area (Å²) < 4.78 is 0. The molecular weight excluding hydrogens is 554 g/mol. The van der Waals surface area contributed by atoms with Crippen LogP contribution in [0, 0.1) is 10.1 Å². The molecular formula is C36H29N3O5. The van der Waals surface area contributed by atoms with E-state index in [0.717, 1.165) is 22.3 Å². The van der Waals surface area contributed by atoms with Crippen LogP contribution in [0.2, 0.25) is 0 Å². The number of nitrogens with two attached hydrogens (primary N) is 1.